The first-order valence-electron chi connectivity index (χ1n) is 6.95. The Kier molecular flexibility index (Phi) is 3.51. The monoisotopic (exact) mass is 293 g/mol. The number of hydrogen-bond acceptors (Lipinski definition) is 4. The lowest BCUT2D eigenvalue weighted by molar-refractivity contribution is 0.112. The van der Waals surface area contributed by atoms with E-state index in [1.807, 2.05) is 24.3 Å². The Morgan fingerprint density at radius 1 is 1.09 bits per heavy atom. The van der Waals surface area contributed by atoms with Crippen LogP contribution >= 0.6 is 0 Å². The maximum atomic E-state index is 11.6. The topological polar surface area (TPSA) is 59.3 Å². The van der Waals surface area contributed by atoms with Crippen molar-refractivity contribution in [3.63, 3.8) is 0 Å². The van der Waals surface area contributed by atoms with Crippen molar-refractivity contribution in [2.45, 2.75) is 13.8 Å². The van der Waals surface area contributed by atoms with E-state index in [9.17, 15) is 9.59 Å². The van der Waals surface area contributed by atoms with Gasteiger partial charge < -0.3 is 9.73 Å². The summed E-state index contributed by atoms with van der Waals surface area (Å²) >= 11 is 0. The third-order valence-electron chi connectivity index (χ3n) is 3.77. The van der Waals surface area contributed by atoms with E-state index in [2.05, 4.69) is 25.2 Å². The fourth-order valence-corrected chi connectivity index (χ4v) is 2.33. The molecule has 0 aliphatic heterocycles. The summed E-state index contributed by atoms with van der Waals surface area (Å²) in [5, 5.41) is 4.04. The second-order valence-corrected chi connectivity index (χ2v) is 5.23. The van der Waals surface area contributed by atoms with Crippen LogP contribution in [0.2, 0.25) is 0 Å². The molecule has 4 nitrogen and oxygen atoms in total. The largest absolute Gasteiger partial charge is 0.422 e. The van der Waals surface area contributed by atoms with Gasteiger partial charge in [0.1, 0.15) is 11.1 Å². The minimum absolute atomic E-state index is 0.0303. The highest BCUT2D eigenvalue weighted by Gasteiger charge is 2.06. The summed E-state index contributed by atoms with van der Waals surface area (Å²) in [6.45, 7) is 4.11. The molecule has 1 N–H and O–H groups in total. The van der Waals surface area contributed by atoms with Gasteiger partial charge in [-0.05, 0) is 49.2 Å². The summed E-state index contributed by atoms with van der Waals surface area (Å²) in [5.41, 5.74) is 4.06. The number of rotatable bonds is 3. The van der Waals surface area contributed by atoms with Crippen molar-refractivity contribution in [2.75, 3.05) is 5.32 Å². The van der Waals surface area contributed by atoms with E-state index in [4.69, 9.17) is 4.42 Å². The molecule has 0 atom stereocenters. The van der Waals surface area contributed by atoms with Crippen LogP contribution in [-0.2, 0) is 0 Å². The minimum Gasteiger partial charge on any atom is -0.422 e. The maximum Gasteiger partial charge on any atom is 0.346 e. The quantitative estimate of drug-likeness (QED) is 0.586. The number of carbonyl (C=O) groups is 1. The fraction of sp³-hybridized carbons (Fsp3) is 0.111. The number of aryl methyl sites for hydroxylation is 1. The molecule has 4 heteroatoms. The summed E-state index contributed by atoms with van der Waals surface area (Å²) < 4.78 is 5.19. The molecule has 0 saturated heterocycles. The van der Waals surface area contributed by atoms with Crippen LogP contribution in [-0.4, -0.2) is 6.29 Å². The van der Waals surface area contributed by atoms with E-state index in [-0.39, 0.29) is 5.56 Å². The molecule has 0 radical (unpaired) electrons. The Morgan fingerprint density at radius 2 is 1.91 bits per heavy atom. The molecule has 0 aliphatic carbocycles. The SMILES string of the molecule is Cc1cccc(Nc2ccc3cc(C=O)c(=O)oc3c2)c1C. The molecular formula is C18H15NO3. The van der Waals surface area contributed by atoms with Crippen molar-refractivity contribution in [3.8, 4) is 0 Å². The first-order chi connectivity index (χ1) is 10.6. The van der Waals surface area contributed by atoms with Gasteiger partial charge >= 0.3 is 5.63 Å². The van der Waals surface area contributed by atoms with Crippen LogP contribution < -0.4 is 10.9 Å². The lowest BCUT2D eigenvalue weighted by atomic mass is 10.1. The Hall–Kier alpha value is -2.88. The third-order valence-corrected chi connectivity index (χ3v) is 3.77. The molecular weight excluding hydrogens is 278 g/mol. The number of anilines is 2. The first kappa shape index (κ1) is 14.1. The number of fused-ring (bicyclic) bond motifs is 1. The van der Waals surface area contributed by atoms with Gasteiger partial charge in [0, 0.05) is 22.8 Å². The zero-order valence-corrected chi connectivity index (χ0v) is 12.3. The van der Waals surface area contributed by atoms with E-state index in [0.717, 1.165) is 11.4 Å². The highest BCUT2D eigenvalue weighted by atomic mass is 16.4. The molecule has 3 aromatic rings. The summed E-state index contributed by atoms with van der Waals surface area (Å²) in [6.07, 6.45) is 0.507. The molecule has 0 amide bonds. The smallest absolute Gasteiger partial charge is 0.346 e. The van der Waals surface area contributed by atoms with Crippen LogP contribution in [0.1, 0.15) is 21.5 Å². The predicted molar refractivity (Wildman–Crippen MR) is 87.1 cm³/mol. The van der Waals surface area contributed by atoms with Crippen molar-refractivity contribution in [1.82, 2.24) is 0 Å². The predicted octanol–water partition coefficient (Wildman–Crippen LogP) is 3.97. The Labute approximate surface area is 127 Å². The van der Waals surface area contributed by atoms with Gasteiger partial charge in [-0.3, -0.25) is 4.79 Å². The summed E-state index contributed by atoms with van der Waals surface area (Å²) in [5.74, 6) is 0. The average Bonchev–Trinajstić information content (AvgIpc) is 2.51. The van der Waals surface area contributed by atoms with Gasteiger partial charge in [0.2, 0.25) is 0 Å². The van der Waals surface area contributed by atoms with E-state index >= 15 is 0 Å². The van der Waals surface area contributed by atoms with Gasteiger partial charge in [-0.2, -0.15) is 0 Å². The second kappa shape index (κ2) is 5.48. The average molecular weight is 293 g/mol. The number of aldehydes is 1. The normalized spacial score (nSPS) is 10.6. The molecule has 0 spiro atoms. The zero-order valence-electron chi connectivity index (χ0n) is 12.3. The standard InChI is InChI=1S/C18H15NO3/c1-11-4-3-5-16(12(11)2)19-15-7-6-13-8-14(10-20)18(21)22-17(13)9-15/h3-10,19H,1-2H3. The Balaban J connectivity index is 2.03. The Bertz CT molecular complexity index is 925. The molecule has 22 heavy (non-hydrogen) atoms. The second-order valence-electron chi connectivity index (χ2n) is 5.23. The van der Waals surface area contributed by atoms with Crippen LogP contribution in [0.4, 0.5) is 11.4 Å². The minimum atomic E-state index is -0.619. The van der Waals surface area contributed by atoms with Crippen molar-refractivity contribution in [2.24, 2.45) is 0 Å². The van der Waals surface area contributed by atoms with Gasteiger partial charge in [-0.15, -0.1) is 0 Å². The molecule has 110 valence electrons. The molecule has 1 heterocycles. The van der Waals surface area contributed by atoms with Crippen LogP contribution in [0.15, 0.2) is 51.7 Å². The number of carbonyl (C=O) groups excluding carboxylic acids is 1. The van der Waals surface area contributed by atoms with Crippen molar-refractivity contribution in [3.05, 3.63) is 69.6 Å². The third kappa shape index (κ3) is 2.51. The number of nitrogens with one attached hydrogen (secondary N) is 1. The van der Waals surface area contributed by atoms with Crippen LogP contribution in [0.3, 0.4) is 0 Å². The van der Waals surface area contributed by atoms with Crippen molar-refractivity contribution >= 4 is 28.6 Å². The molecule has 0 bridgehead atoms. The molecule has 0 fully saturated rings. The molecule has 2 aromatic carbocycles. The van der Waals surface area contributed by atoms with Gasteiger partial charge in [0.05, 0.1) is 0 Å². The van der Waals surface area contributed by atoms with Gasteiger partial charge in [-0.25, -0.2) is 4.79 Å². The Morgan fingerprint density at radius 3 is 2.68 bits per heavy atom. The van der Waals surface area contributed by atoms with Crippen molar-refractivity contribution < 1.29 is 9.21 Å². The van der Waals surface area contributed by atoms with Gasteiger partial charge in [0.15, 0.2) is 6.29 Å². The molecule has 0 unspecified atom stereocenters. The first-order valence-corrected chi connectivity index (χ1v) is 6.95. The summed E-state index contributed by atoms with van der Waals surface area (Å²) in [6, 6.07) is 13.0. The van der Waals surface area contributed by atoms with E-state index in [0.29, 0.717) is 17.3 Å². The van der Waals surface area contributed by atoms with Crippen LogP contribution in [0.25, 0.3) is 11.0 Å². The van der Waals surface area contributed by atoms with E-state index in [1.165, 1.54) is 17.2 Å². The summed E-state index contributed by atoms with van der Waals surface area (Å²) in [7, 11) is 0. The molecule has 0 aliphatic rings. The zero-order chi connectivity index (χ0) is 15.7. The maximum absolute atomic E-state index is 11.6. The van der Waals surface area contributed by atoms with Crippen LogP contribution in [0, 0.1) is 13.8 Å². The van der Waals surface area contributed by atoms with Crippen LogP contribution in [0.5, 0.6) is 0 Å². The molecule has 0 saturated carbocycles. The number of benzene rings is 2. The molecule has 3 rings (SSSR count). The van der Waals surface area contributed by atoms with Gasteiger partial charge in [-0.1, -0.05) is 12.1 Å². The lowest BCUT2D eigenvalue weighted by Gasteiger charge is -2.11. The molecule has 1 aromatic heterocycles. The number of hydrogen-bond donors (Lipinski definition) is 1. The van der Waals surface area contributed by atoms with E-state index in [1.54, 1.807) is 6.07 Å². The highest BCUT2D eigenvalue weighted by Crippen LogP contribution is 2.25. The lowest BCUT2D eigenvalue weighted by Crippen LogP contribution is -2.05. The fourth-order valence-electron chi connectivity index (χ4n) is 2.33. The van der Waals surface area contributed by atoms with Crippen molar-refractivity contribution in [1.29, 1.82) is 0 Å². The van der Waals surface area contributed by atoms with E-state index < -0.39 is 5.63 Å². The van der Waals surface area contributed by atoms with Gasteiger partial charge in [0.25, 0.3) is 0 Å². The highest BCUT2D eigenvalue weighted by molar-refractivity contribution is 5.86. The summed E-state index contributed by atoms with van der Waals surface area (Å²) in [4.78, 5) is 22.4.